The molecule has 6 heteroatoms. The molecule has 2 atom stereocenters. The molecule has 2 rings (SSSR count). The van der Waals surface area contributed by atoms with Crippen LogP contribution in [0, 0.1) is 13.8 Å². The van der Waals surface area contributed by atoms with Gasteiger partial charge in [-0.15, -0.1) is 0 Å². The summed E-state index contributed by atoms with van der Waals surface area (Å²) in [5.41, 5.74) is 2.73. The van der Waals surface area contributed by atoms with Crippen molar-refractivity contribution < 1.29 is 14.4 Å². The van der Waals surface area contributed by atoms with Gasteiger partial charge in [0.25, 0.3) is 0 Å². The van der Waals surface area contributed by atoms with Crippen LogP contribution in [0.25, 0.3) is 0 Å². The molecule has 0 fully saturated rings. The lowest BCUT2D eigenvalue weighted by Crippen LogP contribution is -2.40. The van der Waals surface area contributed by atoms with Gasteiger partial charge in [0.2, 0.25) is 0 Å². The number of hydrogen-bond acceptors (Lipinski definition) is 4. The van der Waals surface area contributed by atoms with Crippen molar-refractivity contribution >= 4 is 6.03 Å². The van der Waals surface area contributed by atoms with Crippen LogP contribution in [0.2, 0.25) is 0 Å². The van der Waals surface area contributed by atoms with Gasteiger partial charge in [-0.05, 0) is 19.4 Å². The van der Waals surface area contributed by atoms with Gasteiger partial charge in [-0.2, -0.15) is 0 Å². The molecule has 23 heavy (non-hydrogen) atoms. The zero-order valence-electron chi connectivity index (χ0n) is 13.7. The lowest BCUT2D eigenvalue weighted by Gasteiger charge is -2.18. The van der Waals surface area contributed by atoms with Crippen LogP contribution in [0.3, 0.4) is 0 Å². The van der Waals surface area contributed by atoms with E-state index in [9.17, 15) is 9.90 Å². The molecule has 0 saturated heterocycles. The summed E-state index contributed by atoms with van der Waals surface area (Å²) >= 11 is 0. The Bertz CT molecular complexity index is 620. The quantitative estimate of drug-likeness (QED) is 0.763. The average molecular weight is 317 g/mol. The van der Waals surface area contributed by atoms with Crippen molar-refractivity contribution in [2.75, 3.05) is 13.2 Å². The lowest BCUT2D eigenvalue weighted by molar-refractivity contribution is 0.216. The Labute approximate surface area is 135 Å². The van der Waals surface area contributed by atoms with Gasteiger partial charge in [0.05, 0.1) is 18.3 Å². The smallest absolute Gasteiger partial charge is 0.315 e. The first-order valence-electron chi connectivity index (χ1n) is 7.65. The van der Waals surface area contributed by atoms with Crippen molar-refractivity contribution in [1.29, 1.82) is 0 Å². The van der Waals surface area contributed by atoms with E-state index in [0.717, 1.165) is 22.6 Å². The van der Waals surface area contributed by atoms with E-state index in [1.54, 1.807) is 0 Å². The molecule has 0 spiro atoms. The molecule has 0 bridgehead atoms. The average Bonchev–Trinajstić information content (AvgIpc) is 2.90. The lowest BCUT2D eigenvalue weighted by atomic mass is 10.00. The molecule has 0 aliphatic rings. The van der Waals surface area contributed by atoms with Gasteiger partial charge < -0.3 is 20.3 Å². The molecule has 1 aromatic carbocycles. The summed E-state index contributed by atoms with van der Waals surface area (Å²) in [6.45, 7) is 6.06. The van der Waals surface area contributed by atoms with E-state index in [-0.39, 0.29) is 18.6 Å². The second kappa shape index (κ2) is 7.78. The first-order valence-corrected chi connectivity index (χ1v) is 7.65. The summed E-state index contributed by atoms with van der Waals surface area (Å²) in [6, 6.07) is 8.64. The Hall–Kier alpha value is -2.34. The van der Waals surface area contributed by atoms with E-state index in [1.165, 1.54) is 0 Å². The number of aromatic nitrogens is 1. The Morgan fingerprint density at radius 2 is 2.00 bits per heavy atom. The zero-order chi connectivity index (χ0) is 16.8. The van der Waals surface area contributed by atoms with Crippen LogP contribution in [0.4, 0.5) is 4.79 Å². The fraction of sp³-hybridized carbons (Fsp3) is 0.412. The summed E-state index contributed by atoms with van der Waals surface area (Å²) in [7, 11) is 0. The summed E-state index contributed by atoms with van der Waals surface area (Å²) in [5, 5.41) is 19.0. The Morgan fingerprint density at radius 1 is 1.30 bits per heavy atom. The number of nitrogens with one attached hydrogen (secondary N) is 2. The fourth-order valence-corrected chi connectivity index (χ4v) is 2.67. The molecule has 1 heterocycles. The summed E-state index contributed by atoms with van der Waals surface area (Å²) in [6.07, 6.45) is 0. The summed E-state index contributed by atoms with van der Waals surface area (Å²) in [4.78, 5) is 12.1. The van der Waals surface area contributed by atoms with Crippen LogP contribution in [-0.2, 0) is 0 Å². The second-order valence-corrected chi connectivity index (χ2v) is 5.64. The maximum Gasteiger partial charge on any atom is 0.315 e. The molecular formula is C17H23N3O3. The highest BCUT2D eigenvalue weighted by Gasteiger charge is 2.18. The standard InChI is InChI=1S/C17H23N3O3/c1-11(16-12(2)20-23-13(16)3)9-18-17(22)19-15(10-21)14-7-5-4-6-8-14/h4-8,11,15,21H,9-10H2,1-3H3,(H2,18,19,22)/t11-,15+/m1/s1. The van der Waals surface area contributed by atoms with Crippen molar-refractivity contribution in [2.45, 2.75) is 32.7 Å². The Balaban J connectivity index is 1.89. The molecule has 0 unspecified atom stereocenters. The predicted octanol–water partition coefficient (Wildman–Crippen LogP) is 2.43. The van der Waals surface area contributed by atoms with Gasteiger partial charge in [-0.3, -0.25) is 0 Å². The van der Waals surface area contributed by atoms with E-state index in [2.05, 4.69) is 15.8 Å². The number of urea groups is 1. The van der Waals surface area contributed by atoms with Crippen LogP contribution in [0.1, 0.15) is 41.5 Å². The van der Waals surface area contributed by atoms with Gasteiger partial charge >= 0.3 is 6.03 Å². The van der Waals surface area contributed by atoms with Gasteiger partial charge in [-0.25, -0.2) is 4.79 Å². The molecule has 3 N–H and O–H groups in total. The molecule has 0 saturated carbocycles. The second-order valence-electron chi connectivity index (χ2n) is 5.64. The third kappa shape index (κ3) is 4.32. The van der Waals surface area contributed by atoms with Crippen LogP contribution < -0.4 is 10.6 Å². The third-order valence-electron chi connectivity index (χ3n) is 3.84. The maximum atomic E-state index is 12.1. The summed E-state index contributed by atoms with van der Waals surface area (Å²) in [5.74, 6) is 0.867. The minimum Gasteiger partial charge on any atom is -0.394 e. The van der Waals surface area contributed by atoms with E-state index in [4.69, 9.17) is 4.52 Å². The molecule has 6 nitrogen and oxygen atoms in total. The molecule has 1 aromatic heterocycles. The highest BCUT2D eigenvalue weighted by Crippen LogP contribution is 2.22. The molecule has 2 aromatic rings. The van der Waals surface area contributed by atoms with Crippen LogP contribution in [-0.4, -0.2) is 29.4 Å². The third-order valence-corrected chi connectivity index (χ3v) is 3.84. The number of benzene rings is 1. The van der Waals surface area contributed by atoms with Gasteiger partial charge in [-0.1, -0.05) is 42.4 Å². The number of aliphatic hydroxyl groups is 1. The van der Waals surface area contributed by atoms with Gasteiger partial charge in [0, 0.05) is 18.0 Å². The van der Waals surface area contributed by atoms with Gasteiger partial charge in [0.15, 0.2) is 0 Å². The first kappa shape index (κ1) is 17.0. The van der Waals surface area contributed by atoms with Crippen molar-refractivity contribution in [2.24, 2.45) is 0 Å². The molecule has 2 amide bonds. The highest BCUT2D eigenvalue weighted by atomic mass is 16.5. The molecule has 0 radical (unpaired) electrons. The molecule has 0 aliphatic heterocycles. The number of amides is 2. The largest absolute Gasteiger partial charge is 0.394 e. The zero-order valence-corrected chi connectivity index (χ0v) is 13.7. The van der Waals surface area contributed by atoms with E-state index in [0.29, 0.717) is 6.54 Å². The molecule has 124 valence electrons. The van der Waals surface area contributed by atoms with Crippen LogP contribution in [0.5, 0.6) is 0 Å². The normalized spacial score (nSPS) is 13.4. The van der Waals surface area contributed by atoms with Crippen molar-refractivity contribution in [1.82, 2.24) is 15.8 Å². The molecule has 0 aliphatic carbocycles. The van der Waals surface area contributed by atoms with Crippen LogP contribution in [0.15, 0.2) is 34.9 Å². The predicted molar refractivity (Wildman–Crippen MR) is 87.2 cm³/mol. The fourth-order valence-electron chi connectivity index (χ4n) is 2.67. The van der Waals surface area contributed by atoms with Crippen molar-refractivity contribution in [3.8, 4) is 0 Å². The monoisotopic (exact) mass is 317 g/mol. The van der Waals surface area contributed by atoms with Gasteiger partial charge in [0.1, 0.15) is 5.76 Å². The molecular weight excluding hydrogens is 294 g/mol. The number of carbonyl (C=O) groups is 1. The number of nitrogens with zero attached hydrogens (tertiary/aromatic N) is 1. The van der Waals surface area contributed by atoms with E-state index < -0.39 is 6.04 Å². The topological polar surface area (TPSA) is 87.4 Å². The number of aryl methyl sites for hydroxylation is 2. The Morgan fingerprint density at radius 3 is 2.57 bits per heavy atom. The summed E-state index contributed by atoms with van der Waals surface area (Å²) < 4.78 is 5.15. The van der Waals surface area contributed by atoms with Crippen LogP contribution >= 0.6 is 0 Å². The van der Waals surface area contributed by atoms with E-state index in [1.807, 2.05) is 51.1 Å². The highest BCUT2D eigenvalue weighted by molar-refractivity contribution is 5.74. The maximum absolute atomic E-state index is 12.1. The SMILES string of the molecule is Cc1noc(C)c1[C@H](C)CNC(=O)N[C@@H](CO)c1ccccc1. The van der Waals surface area contributed by atoms with Crippen molar-refractivity contribution in [3.63, 3.8) is 0 Å². The minimum atomic E-state index is -0.425. The van der Waals surface area contributed by atoms with Crippen molar-refractivity contribution in [3.05, 3.63) is 52.9 Å². The minimum absolute atomic E-state index is 0.0938. The number of aliphatic hydroxyl groups excluding tert-OH is 1. The van der Waals surface area contributed by atoms with E-state index >= 15 is 0 Å². The number of carbonyl (C=O) groups excluding carboxylic acids is 1. The Kier molecular flexibility index (Phi) is 5.76. The first-order chi connectivity index (χ1) is 11.0. The number of rotatable bonds is 6. The number of hydrogen-bond donors (Lipinski definition) is 3.